The molecule has 1 N–H and O–H groups in total. The molecule has 0 aliphatic carbocycles. The highest BCUT2D eigenvalue weighted by atomic mass is 79.9. The summed E-state index contributed by atoms with van der Waals surface area (Å²) in [5.74, 6) is -0.442. The highest BCUT2D eigenvalue weighted by molar-refractivity contribution is 9.10. The second kappa shape index (κ2) is 10.6. The number of sulfonamides is 1. The van der Waals surface area contributed by atoms with Gasteiger partial charge >= 0.3 is 0 Å². The van der Waals surface area contributed by atoms with Crippen LogP contribution in [-0.4, -0.2) is 25.2 Å². The van der Waals surface area contributed by atoms with Gasteiger partial charge in [-0.15, -0.1) is 0 Å². The molecule has 0 radical (unpaired) electrons. The fraction of sp³-hybridized carbons (Fsp3) is 0.136. The predicted octanol–water partition coefficient (Wildman–Crippen LogP) is 5.26. The highest BCUT2D eigenvalue weighted by Gasteiger charge is 2.26. The number of nitrogens with one attached hydrogen (secondary N) is 1. The van der Waals surface area contributed by atoms with Gasteiger partial charge in [0.2, 0.25) is 15.9 Å². The van der Waals surface area contributed by atoms with Crippen molar-refractivity contribution in [3.05, 3.63) is 98.4 Å². The third kappa shape index (κ3) is 6.54. The van der Waals surface area contributed by atoms with Gasteiger partial charge in [-0.25, -0.2) is 8.42 Å². The predicted molar refractivity (Wildman–Crippen MR) is 126 cm³/mol. The van der Waals surface area contributed by atoms with E-state index in [1.807, 2.05) is 24.3 Å². The number of nitrogens with zero attached hydrogens (tertiary/aromatic N) is 1. The summed E-state index contributed by atoms with van der Waals surface area (Å²) in [5.41, 5.74) is 1.45. The molecule has 3 aromatic carbocycles. The number of hydrogen-bond acceptors (Lipinski definition) is 3. The Hall–Kier alpha value is -1.90. The summed E-state index contributed by atoms with van der Waals surface area (Å²) in [5, 5.41) is 3.65. The van der Waals surface area contributed by atoms with Gasteiger partial charge in [-0.3, -0.25) is 4.79 Å². The van der Waals surface area contributed by atoms with E-state index in [-0.39, 0.29) is 24.5 Å². The third-order valence-electron chi connectivity index (χ3n) is 4.46. The lowest BCUT2D eigenvalue weighted by Gasteiger charge is -2.22. The molecule has 0 saturated heterocycles. The molecule has 0 bridgehead atoms. The first-order chi connectivity index (χ1) is 14.8. The topological polar surface area (TPSA) is 66.5 Å². The summed E-state index contributed by atoms with van der Waals surface area (Å²) < 4.78 is 28.4. The van der Waals surface area contributed by atoms with E-state index in [4.69, 9.17) is 23.2 Å². The fourth-order valence-corrected chi connectivity index (χ4v) is 4.98. The largest absolute Gasteiger partial charge is 0.351 e. The van der Waals surface area contributed by atoms with Crippen molar-refractivity contribution in [2.45, 2.75) is 18.0 Å². The Morgan fingerprint density at radius 2 is 1.65 bits per heavy atom. The molecule has 9 heteroatoms. The molecular formula is C22H19BrCl2N2O3S. The molecule has 0 spiro atoms. The first kappa shape index (κ1) is 23.8. The van der Waals surface area contributed by atoms with Crippen molar-refractivity contribution >= 4 is 55.1 Å². The molecule has 0 unspecified atom stereocenters. The zero-order valence-corrected chi connectivity index (χ0v) is 20.2. The van der Waals surface area contributed by atoms with E-state index in [1.54, 1.807) is 36.4 Å². The maximum absolute atomic E-state index is 13.2. The van der Waals surface area contributed by atoms with E-state index < -0.39 is 15.9 Å². The smallest absolute Gasteiger partial charge is 0.243 e. The molecule has 0 saturated carbocycles. The van der Waals surface area contributed by atoms with Gasteiger partial charge in [0.1, 0.15) is 0 Å². The molecule has 0 heterocycles. The van der Waals surface area contributed by atoms with Gasteiger partial charge in [0.05, 0.1) is 11.4 Å². The molecule has 5 nitrogen and oxygen atoms in total. The monoisotopic (exact) mass is 540 g/mol. The van der Waals surface area contributed by atoms with Crippen LogP contribution in [0.1, 0.15) is 11.1 Å². The minimum atomic E-state index is -3.88. The van der Waals surface area contributed by atoms with Crippen LogP contribution in [0.25, 0.3) is 0 Å². The van der Waals surface area contributed by atoms with Gasteiger partial charge in [0.25, 0.3) is 0 Å². The fourth-order valence-electron chi connectivity index (χ4n) is 2.84. The van der Waals surface area contributed by atoms with Gasteiger partial charge in [-0.2, -0.15) is 4.31 Å². The molecule has 0 aromatic heterocycles. The van der Waals surface area contributed by atoms with Crippen molar-refractivity contribution in [3.63, 3.8) is 0 Å². The van der Waals surface area contributed by atoms with E-state index >= 15 is 0 Å². The first-order valence-electron chi connectivity index (χ1n) is 9.26. The summed E-state index contributed by atoms with van der Waals surface area (Å²) in [7, 11) is -3.88. The van der Waals surface area contributed by atoms with Crippen molar-refractivity contribution in [3.8, 4) is 0 Å². The van der Waals surface area contributed by atoms with Gasteiger partial charge in [-0.1, -0.05) is 75.5 Å². The lowest BCUT2D eigenvalue weighted by molar-refractivity contribution is -0.121. The highest BCUT2D eigenvalue weighted by Crippen LogP contribution is 2.22. The number of carbonyl (C=O) groups is 1. The number of amides is 1. The Labute approximate surface area is 200 Å². The number of hydrogen-bond donors (Lipinski definition) is 1. The lowest BCUT2D eigenvalue weighted by atomic mass is 10.2. The Balaban J connectivity index is 1.78. The van der Waals surface area contributed by atoms with E-state index in [9.17, 15) is 13.2 Å². The summed E-state index contributed by atoms with van der Waals surface area (Å²) in [6.07, 6.45) is 0. The number of halogens is 3. The molecule has 3 aromatic rings. The van der Waals surface area contributed by atoms with Crippen molar-refractivity contribution in [2.24, 2.45) is 0 Å². The number of carbonyl (C=O) groups excluding carboxylic acids is 1. The Kier molecular flexibility index (Phi) is 8.13. The SMILES string of the molecule is O=C(CN(Cc1ccc(Br)cc1)S(=O)(=O)c1ccccc1)NCc1ccc(Cl)cc1Cl. The summed E-state index contributed by atoms with van der Waals surface area (Å²) in [6, 6.07) is 20.3. The van der Waals surface area contributed by atoms with Crippen LogP contribution in [0.5, 0.6) is 0 Å². The second-order valence-electron chi connectivity index (χ2n) is 6.73. The van der Waals surface area contributed by atoms with Crippen LogP contribution >= 0.6 is 39.1 Å². The van der Waals surface area contributed by atoms with Crippen LogP contribution in [0.15, 0.2) is 82.2 Å². The van der Waals surface area contributed by atoms with Crippen molar-refractivity contribution < 1.29 is 13.2 Å². The van der Waals surface area contributed by atoms with Crippen LogP contribution in [0.3, 0.4) is 0 Å². The zero-order chi connectivity index (χ0) is 22.4. The normalized spacial score (nSPS) is 11.5. The molecule has 0 atom stereocenters. The van der Waals surface area contributed by atoms with Crippen molar-refractivity contribution in [2.75, 3.05) is 6.54 Å². The number of benzene rings is 3. The Bertz CT molecular complexity index is 1160. The van der Waals surface area contributed by atoms with Crippen LogP contribution in [-0.2, 0) is 27.9 Å². The Morgan fingerprint density at radius 1 is 0.968 bits per heavy atom. The molecule has 0 fully saturated rings. The zero-order valence-electron chi connectivity index (χ0n) is 16.3. The molecular weight excluding hydrogens is 523 g/mol. The van der Waals surface area contributed by atoms with Gasteiger partial charge in [-0.05, 0) is 47.5 Å². The minimum absolute atomic E-state index is 0.0552. The standard InChI is InChI=1S/C22H19BrCl2N2O3S/c23-18-9-6-16(7-10-18)14-27(31(29,30)20-4-2-1-3-5-20)15-22(28)26-13-17-8-11-19(24)12-21(17)25/h1-12H,13-15H2,(H,26,28). The summed E-state index contributed by atoms with van der Waals surface area (Å²) in [4.78, 5) is 12.8. The van der Waals surface area contributed by atoms with Crippen LogP contribution in [0.2, 0.25) is 10.0 Å². The van der Waals surface area contributed by atoms with Crippen LogP contribution in [0, 0.1) is 0 Å². The van der Waals surface area contributed by atoms with Crippen LogP contribution in [0.4, 0.5) is 0 Å². The molecule has 162 valence electrons. The molecule has 3 rings (SSSR count). The summed E-state index contributed by atoms with van der Waals surface area (Å²) >= 11 is 15.4. The lowest BCUT2D eigenvalue weighted by Crippen LogP contribution is -2.40. The van der Waals surface area contributed by atoms with E-state index in [0.717, 1.165) is 14.3 Å². The number of rotatable bonds is 8. The maximum Gasteiger partial charge on any atom is 0.243 e. The van der Waals surface area contributed by atoms with Gasteiger partial charge in [0.15, 0.2) is 0 Å². The van der Waals surface area contributed by atoms with Crippen molar-refractivity contribution in [1.29, 1.82) is 0 Å². The Morgan fingerprint density at radius 3 is 2.29 bits per heavy atom. The molecule has 0 aliphatic rings. The van der Waals surface area contributed by atoms with Crippen LogP contribution < -0.4 is 5.32 Å². The molecule has 31 heavy (non-hydrogen) atoms. The quantitative estimate of drug-likeness (QED) is 0.423. The van der Waals surface area contributed by atoms with E-state index in [0.29, 0.717) is 15.6 Å². The van der Waals surface area contributed by atoms with E-state index in [1.165, 1.54) is 12.1 Å². The molecule has 1 amide bonds. The summed E-state index contributed by atoms with van der Waals surface area (Å²) in [6.45, 7) is -0.121. The van der Waals surface area contributed by atoms with Crippen molar-refractivity contribution in [1.82, 2.24) is 9.62 Å². The van der Waals surface area contributed by atoms with E-state index in [2.05, 4.69) is 21.2 Å². The average molecular weight is 542 g/mol. The average Bonchev–Trinajstić information content (AvgIpc) is 2.75. The maximum atomic E-state index is 13.2. The molecule has 0 aliphatic heterocycles. The van der Waals surface area contributed by atoms with Gasteiger partial charge in [0, 0.05) is 27.6 Å². The first-order valence-corrected chi connectivity index (χ1v) is 12.2. The third-order valence-corrected chi connectivity index (χ3v) is 7.39. The van der Waals surface area contributed by atoms with Gasteiger partial charge < -0.3 is 5.32 Å². The minimum Gasteiger partial charge on any atom is -0.351 e. The second-order valence-corrected chi connectivity index (χ2v) is 10.4.